The summed E-state index contributed by atoms with van der Waals surface area (Å²) in [6.45, 7) is 1.89. The highest BCUT2D eigenvalue weighted by Gasteiger charge is 2.20. The molecule has 1 amide bonds. The predicted molar refractivity (Wildman–Crippen MR) is 117 cm³/mol. The molecular formula is C21H16ClN5OS. The summed E-state index contributed by atoms with van der Waals surface area (Å²) in [7, 11) is 0. The van der Waals surface area contributed by atoms with Gasteiger partial charge in [-0.25, -0.2) is 0 Å². The fraction of sp³-hybridized carbons (Fsp3) is 0.0476. The number of hydrogen-bond donors (Lipinski definition) is 1. The molecule has 0 unspecified atom stereocenters. The van der Waals surface area contributed by atoms with Gasteiger partial charge < -0.3 is 5.32 Å². The van der Waals surface area contributed by atoms with Gasteiger partial charge in [-0.1, -0.05) is 48.0 Å². The van der Waals surface area contributed by atoms with Crippen molar-refractivity contribution in [2.45, 2.75) is 6.92 Å². The first-order valence-electron chi connectivity index (χ1n) is 8.79. The van der Waals surface area contributed by atoms with Gasteiger partial charge >= 0.3 is 0 Å². The van der Waals surface area contributed by atoms with Gasteiger partial charge in [0.15, 0.2) is 5.82 Å². The lowest BCUT2D eigenvalue weighted by molar-refractivity contribution is -0.111. The minimum absolute atomic E-state index is 0.311. The van der Waals surface area contributed by atoms with Crippen molar-refractivity contribution in [2.75, 3.05) is 5.32 Å². The number of hydrogen-bond acceptors (Lipinski definition) is 5. The molecule has 0 aliphatic heterocycles. The third-order valence-electron chi connectivity index (χ3n) is 4.22. The van der Waals surface area contributed by atoms with Crippen LogP contribution in [0.3, 0.4) is 0 Å². The van der Waals surface area contributed by atoms with Crippen LogP contribution in [0.4, 0.5) is 5.69 Å². The van der Waals surface area contributed by atoms with Crippen LogP contribution < -0.4 is 5.32 Å². The van der Waals surface area contributed by atoms with E-state index in [-0.39, 0.29) is 5.91 Å². The fourth-order valence-corrected chi connectivity index (χ4v) is 3.68. The second-order valence-electron chi connectivity index (χ2n) is 6.24. The molecule has 2 aromatic heterocycles. The maximum absolute atomic E-state index is 13.2. The van der Waals surface area contributed by atoms with Crippen LogP contribution in [0.2, 0.25) is 5.02 Å². The van der Waals surface area contributed by atoms with Crippen molar-refractivity contribution in [3.05, 3.63) is 81.5 Å². The SMILES string of the molecule is Cc1cc(Cl)ccc1NC(=O)/C(=C/c1cccs1)n1nnnc1-c1ccccc1. The molecule has 4 aromatic rings. The van der Waals surface area contributed by atoms with Gasteiger partial charge in [0, 0.05) is 21.2 Å². The molecule has 2 aromatic carbocycles. The first-order valence-corrected chi connectivity index (χ1v) is 10.0. The Kier molecular flexibility index (Phi) is 5.50. The zero-order chi connectivity index (χ0) is 20.2. The van der Waals surface area contributed by atoms with E-state index in [1.807, 2.05) is 54.8 Å². The Labute approximate surface area is 176 Å². The standard InChI is InChI=1S/C21H16ClN5OS/c1-14-12-16(22)9-10-18(14)23-21(28)19(13-17-8-5-11-29-17)27-20(24-25-26-27)15-6-3-2-4-7-15/h2-13H,1H3,(H,23,28)/b19-13-. The van der Waals surface area contributed by atoms with Gasteiger partial charge in [-0.05, 0) is 58.6 Å². The molecule has 0 bridgehead atoms. The molecule has 0 radical (unpaired) electrons. The van der Waals surface area contributed by atoms with Gasteiger partial charge in [0.1, 0.15) is 5.70 Å². The van der Waals surface area contributed by atoms with Crippen LogP contribution in [0.25, 0.3) is 23.2 Å². The van der Waals surface area contributed by atoms with Crippen molar-refractivity contribution >= 4 is 46.3 Å². The monoisotopic (exact) mass is 421 g/mol. The second kappa shape index (κ2) is 8.38. The summed E-state index contributed by atoms with van der Waals surface area (Å²) >= 11 is 7.55. The van der Waals surface area contributed by atoms with E-state index in [0.717, 1.165) is 16.0 Å². The van der Waals surface area contributed by atoms with E-state index in [1.165, 1.54) is 16.0 Å². The zero-order valence-electron chi connectivity index (χ0n) is 15.4. The lowest BCUT2D eigenvalue weighted by Gasteiger charge is -2.12. The molecule has 0 saturated heterocycles. The van der Waals surface area contributed by atoms with Crippen LogP contribution in [-0.4, -0.2) is 26.1 Å². The summed E-state index contributed by atoms with van der Waals surface area (Å²) in [4.78, 5) is 14.1. The molecule has 2 heterocycles. The number of thiophene rings is 1. The third kappa shape index (κ3) is 4.26. The lowest BCUT2D eigenvalue weighted by Crippen LogP contribution is -2.19. The minimum atomic E-state index is -0.326. The van der Waals surface area contributed by atoms with Crippen molar-refractivity contribution in [3.8, 4) is 11.4 Å². The van der Waals surface area contributed by atoms with Gasteiger partial charge in [-0.2, -0.15) is 4.68 Å². The molecule has 0 aliphatic carbocycles. The maximum Gasteiger partial charge on any atom is 0.274 e. The topological polar surface area (TPSA) is 72.7 Å². The van der Waals surface area contributed by atoms with E-state index in [1.54, 1.807) is 24.3 Å². The molecule has 0 aliphatic rings. The van der Waals surface area contributed by atoms with E-state index in [0.29, 0.717) is 22.2 Å². The number of rotatable bonds is 5. The van der Waals surface area contributed by atoms with Crippen LogP contribution in [0.1, 0.15) is 10.4 Å². The zero-order valence-corrected chi connectivity index (χ0v) is 17.0. The Hall–Kier alpha value is -3.29. The van der Waals surface area contributed by atoms with E-state index in [4.69, 9.17) is 11.6 Å². The molecule has 0 saturated carbocycles. The fourth-order valence-electron chi connectivity index (χ4n) is 2.80. The number of tetrazole rings is 1. The Morgan fingerprint density at radius 1 is 1.14 bits per heavy atom. The first kappa shape index (κ1) is 19.0. The summed E-state index contributed by atoms with van der Waals surface area (Å²) in [5, 5.41) is 17.5. The molecule has 6 nitrogen and oxygen atoms in total. The number of halogens is 1. The highest BCUT2D eigenvalue weighted by molar-refractivity contribution is 7.10. The number of carbonyl (C=O) groups is 1. The highest BCUT2D eigenvalue weighted by Crippen LogP contribution is 2.25. The van der Waals surface area contributed by atoms with Crippen molar-refractivity contribution in [3.63, 3.8) is 0 Å². The Balaban J connectivity index is 1.76. The Bertz CT molecular complexity index is 1170. The van der Waals surface area contributed by atoms with Gasteiger partial charge in [-0.15, -0.1) is 16.4 Å². The number of nitrogens with zero attached hydrogens (tertiary/aromatic N) is 4. The van der Waals surface area contributed by atoms with E-state index < -0.39 is 0 Å². The number of aryl methyl sites for hydroxylation is 1. The largest absolute Gasteiger partial charge is 0.320 e. The van der Waals surface area contributed by atoms with Crippen LogP contribution in [0.5, 0.6) is 0 Å². The van der Waals surface area contributed by atoms with Crippen LogP contribution in [0.15, 0.2) is 66.0 Å². The number of aromatic nitrogens is 4. The molecule has 29 heavy (non-hydrogen) atoms. The van der Waals surface area contributed by atoms with Crippen LogP contribution >= 0.6 is 22.9 Å². The summed E-state index contributed by atoms with van der Waals surface area (Å²) in [6.07, 6.45) is 1.77. The number of anilines is 1. The van der Waals surface area contributed by atoms with Crippen LogP contribution in [0, 0.1) is 6.92 Å². The van der Waals surface area contributed by atoms with Gasteiger partial charge in [0.25, 0.3) is 5.91 Å². The maximum atomic E-state index is 13.2. The normalized spacial score (nSPS) is 11.4. The van der Waals surface area contributed by atoms with Gasteiger partial charge in [0.2, 0.25) is 0 Å². The Morgan fingerprint density at radius 2 is 1.97 bits per heavy atom. The van der Waals surface area contributed by atoms with E-state index in [9.17, 15) is 4.79 Å². The van der Waals surface area contributed by atoms with E-state index in [2.05, 4.69) is 20.8 Å². The quantitative estimate of drug-likeness (QED) is 0.460. The number of nitrogens with one attached hydrogen (secondary N) is 1. The predicted octanol–water partition coefficient (Wildman–Crippen LogP) is 5.00. The number of carbonyl (C=O) groups excluding carboxylic acids is 1. The number of amides is 1. The average Bonchev–Trinajstić information content (AvgIpc) is 3.40. The number of benzene rings is 2. The summed E-state index contributed by atoms with van der Waals surface area (Å²) in [6, 6.07) is 18.7. The van der Waals surface area contributed by atoms with Gasteiger partial charge in [-0.3, -0.25) is 4.79 Å². The summed E-state index contributed by atoms with van der Waals surface area (Å²) in [5.41, 5.74) is 2.66. The lowest BCUT2D eigenvalue weighted by atomic mass is 10.2. The molecule has 144 valence electrons. The van der Waals surface area contributed by atoms with Crippen LogP contribution in [-0.2, 0) is 4.79 Å². The second-order valence-corrected chi connectivity index (χ2v) is 7.65. The molecule has 8 heteroatoms. The molecule has 0 fully saturated rings. The van der Waals surface area contributed by atoms with Crippen molar-refractivity contribution in [1.82, 2.24) is 20.2 Å². The van der Waals surface area contributed by atoms with Crippen molar-refractivity contribution in [1.29, 1.82) is 0 Å². The van der Waals surface area contributed by atoms with Crippen molar-refractivity contribution in [2.24, 2.45) is 0 Å². The average molecular weight is 422 g/mol. The molecule has 0 atom stereocenters. The molecule has 1 N–H and O–H groups in total. The molecule has 0 spiro atoms. The molecule has 4 rings (SSSR count). The molecular weight excluding hydrogens is 406 g/mol. The van der Waals surface area contributed by atoms with Crippen molar-refractivity contribution < 1.29 is 4.79 Å². The van der Waals surface area contributed by atoms with E-state index >= 15 is 0 Å². The smallest absolute Gasteiger partial charge is 0.274 e. The minimum Gasteiger partial charge on any atom is -0.320 e. The third-order valence-corrected chi connectivity index (χ3v) is 5.28. The first-order chi connectivity index (χ1) is 14.1. The Morgan fingerprint density at radius 3 is 2.69 bits per heavy atom. The summed E-state index contributed by atoms with van der Waals surface area (Å²) < 4.78 is 1.45. The summed E-state index contributed by atoms with van der Waals surface area (Å²) in [5.74, 6) is 0.157. The highest BCUT2D eigenvalue weighted by atomic mass is 35.5. The van der Waals surface area contributed by atoms with Gasteiger partial charge in [0.05, 0.1) is 0 Å².